The lowest BCUT2D eigenvalue weighted by molar-refractivity contribution is 0.567. The minimum atomic E-state index is 0.522. The molecule has 4 heteroatoms. The minimum absolute atomic E-state index is 0.522. The topological polar surface area (TPSA) is 25.8 Å². The first-order valence-electron chi connectivity index (χ1n) is 9.15. The van der Waals surface area contributed by atoms with Crippen LogP contribution in [-0.2, 0) is 0 Å². The largest absolute Gasteiger partial charge is 0.245 e. The third-order valence-corrected chi connectivity index (χ3v) is 7.10. The van der Waals surface area contributed by atoms with Crippen molar-refractivity contribution < 1.29 is 0 Å². The molecule has 0 saturated heterocycles. The van der Waals surface area contributed by atoms with Gasteiger partial charge in [-0.15, -0.1) is 22.7 Å². The second kappa shape index (κ2) is 8.09. The highest BCUT2D eigenvalue weighted by atomic mass is 32.1. The van der Waals surface area contributed by atoms with Gasteiger partial charge in [0, 0.05) is 21.6 Å². The molecule has 2 nitrogen and oxygen atoms in total. The Morgan fingerprint density at radius 2 is 1.00 bits per heavy atom. The van der Waals surface area contributed by atoms with Crippen LogP contribution in [0.1, 0.15) is 109 Å². The number of aryl methyl sites for hydroxylation is 2. The lowest BCUT2D eigenvalue weighted by Crippen LogP contribution is -2.00. The van der Waals surface area contributed by atoms with E-state index in [1.807, 2.05) is 22.7 Å². The molecule has 134 valence electrons. The van der Waals surface area contributed by atoms with E-state index in [0.29, 0.717) is 23.7 Å². The summed E-state index contributed by atoms with van der Waals surface area (Å²) in [7, 11) is 0. The van der Waals surface area contributed by atoms with E-state index in [1.165, 1.54) is 44.0 Å². The van der Waals surface area contributed by atoms with Gasteiger partial charge in [0.1, 0.15) is 0 Å². The van der Waals surface area contributed by atoms with Gasteiger partial charge in [-0.2, -0.15) is 0 Å². The second-order valence-corrected chi connectivity index (χ2v) is 10.1. The molecule has 0 amide bonds. The molecular formula is C20H32N2S2. The maximum atomic E-state index is 4.91. The molecule has 0 fully saturated rings. The summed E-state index contributed by atoms with van der Waals surface area (Å²) in [6.45, 7) is 18.0. The molecule has 0 spiro atoms. The predicted molar refractivity (Wildman–Crippen MR) is 108 cm³/mol. The fourth-order valence-corrected chi connectivity index (χ4v) is 5.42. The summed E-state index contributed by atoms with van der Waals surface area (Å²) in [6.07, 6.45) is 2.36. The second-order valence-electron chi connectivity index (χ2n) is 7.68. The minimum Gasteiger partial charge on any atom is -0.245 e. The molecule has 2 unspecified atom stereocenters. The number of thiazole rings is 2. The van der Waals surface area contributed by atoms with E-state index in [-0.39, 0.29) is 0 Å². The number of hydrogen-bond acceptors (Lipinski definition) is 4. The summed E-state index contributed by atoms with van der Waals surface area (Å²) in [5.74, 6) is 2.12. The summed E-state index contributed by atoms with van der Waals surface area (Å²) in [5, 5.41) is 2.61. The van der Waals surface area contributed by atoms with Crippen LogP contribution >= 0.6 is 22.7 Å². The summed E-state index contributed by atoms with van der Waals surface area (Å²) < 4.78 is 0. The van der Waals surface area contributed by atoms with E-state index in [2.05, 4.69) is 55.4 Å². The Hall–Kier alpha value is -0.740. The first-order valence-corrected chi connectivity index (χ1v) is 10.8. The van der Waals surface area contributed by atoms with Gasteiger partial charge in [0.25, 0.3) is 0 Å². The van der Waals surface area contributed by atoms with Crippen LogP contribution in [0.5, 0.6) is 0 Å². The predicted octanol–water partition coefficient (Wildman–Crippen LogP) is 7.15. The highest BCUT2D eigenvalue weighted by molar-refractivity contribution is 7.12. The van der Waals surface area contributed by atoms with Crippen molar-refractivity contribution in [3.8, 4) is 0 Å². The van der Waals surface area contributed by atoms with Crippen LogP contribution in [0, 0.1) is 13.8 Å². The number of rotatable bonds is 7. The summed E-state index contributed by atoms with van der Waals surface area (Å²) in [4.78, 5) is 12.6. The molecule has 0 aliphatic rings. The molecule has 0 bridgehead atoms. The standard InChI is InChI=1S/C20H32N2S2/c1-11(2)17-15(7)23-19(21-17)13(5)9-10-14(6)20-22-18(12(3)4)16(8)24-20/h11-14H,9-10H2,1-8H3. The molecule has 2 aromatic rings. The van der Waals surface area contributed by atoms with Gasteiger partial charge in [-0.3, -0.25) is 0 Å². The first kappa shape index (κ1) is 19.6. The van der Waals surface area contributed by atoms with E-state index in [1.54, 1.807) is 0 Å². The number of nitrogens with zero attached hydrogens (tertiary/aromatic N) is 2. The Bertz CT molecular complexity index is 609. The molecule has 2 atom stereocenters. The maximum absolute atomic E-state index is 4.91. The number of hydrogen-bond donors (Lipinski definition) is 0. The lowest BCUT2D eigenvalue weighted by Gasteiger charge is -2.12. The van der Waals surface area contributed by atoms with Crippen molar-refractivity contribution in [3.63, 3.8) is 0 Å². The fraction of sp³-hybridized carbons (Fsp3) is 0.700. The normalized spacial score (nSPS) is 14.6. The van der Waals surface area contributed by atoms with Crippen molar-refractivity contribution in [2.24, 2.45) is 0 Å². The van der Waals surface area contributed by atoms with E-state index >= 15 is 0 Å². The molecule has 0 radical (unpaired) electrons. The Labute approximate surface area is 155 Å². The fourth-order valence-electron chi connectivity index (χ4n) is 3.10. The van der Waals surface area contributed by atoms with E-state index in [9.17, 15) is 0 Å². The van der Waals surface area contributed by atoms with Gasteiger partial charge in [-0.1, -0.05) is 41.5 Å². The Morgan fingerprint density at radius 3 is 1.25 bits per heavy atom. The molecule has 0 aliphatic carbocycles. The highest BCUT2D eigenvalue weighted by Gasteiger charge is 2.19. The Kier molecular flexibility index (Phi) is 6.60. The van der Waals surface area contributed by atoms with Crippen LogP contribution < -0.4 is 0 Å². The SMILES string of the molecule is Cc1sc(C(C)CCC(C)c2nc(C(C)C)c(C)s2)nc1C(C)C. The van der Waals surface area contributed by atoms with Crippen molar-refractivity contribution >= 4 is 22.7 Å². The van der Waals surface area contributed by atoms with Gasteiger partial charge in [-0.05, 0) is 38.5 Å². The summed E-state index contributed by atoms with van der Waals surface area (Å²) in [6, 6.07) is 0. The van der Waals surface area contributed by atoms with Crippen molar-refractivity contribution in [1.82, 2.24) is 9.97 Å². The van der Waals surface area contributed by atoms with Gasteiger partial charge >= 0.3 is 0 Å². The number of aromatic nitrogens is 2. The molecule has 24 heavy (non-hydrogen) atoms. The molecule has 0 aliphatic heterocycles. The maximum Gasteiger partial charge on any atom is 0.0959 e. The van der Waals surface area contributed by atoms with Gasteiger partial charge in [0.15, 0.2) is 0 Å². The molecule has 2 aromatic heterocycles. The molecule has 2 rings (SSSR count). The third kappa shape index (κ3) is 4.45. The Morgan fingerprint density at radius 1 is 0.667 bits per heavy atom. The zero-order valence-electron chi connectivity index (χ0n) is 16.4. The quantitative estimate of drug-likeness (QED) is 0.521. The smallest absolute Gasteiger partial charge is 0.0959 e. The zero-order valence-corrected chi connectivity index (χ0v) is 18.1. The van der Waals surface area contributed by atoms with Crippen molar-refractivity contribution in [1.29, 1.82) is 0 Å². The summed E-state index contributed by atoms with van der Waals surface area (Å²) in [5.41, 5.74) is 2.57. The molecule has 0 saturated carbocycles. The Balaban J connectivity index is 1.99. The van der Waals surface area contributed by atoms with E-state index in [4.69, 9.17) is 9.97 Å². The summed E-state index contributed by atoms with van der Waals surface area (Å²) >= 11 is 3.77. The van der Waals surface area contributed by atoms with Crippen LogP contribution in [0.15, 0.2) is 0 Å². The average Bonchev–Trinajstić information content (AvgIpc) is 3.07. The van der Waals surface area contributed by atoms with Crippen molar-refractivity contribution in [2.45, 2.75) is 91.9 Å². The van der Waals surface area contributed by atoms with Gasteiger partial charge < -0.3 is 0 Å². The zero-order chi connectivity index (χ0) is 18.0. The van der Waals surface area contributed by atoms with Gasteiger partial charge in [0.2, 0.25) is 0 Å². The van der Waals surface area contributed by atoms with Crippen LogP contribution in [0.2, 0.25) is 0 Å². The molecule has 0 N–H and O–H groups in total. The van der Waals surface area contributed by atoms with Gasteiger partial charge in [0.05, 0.1) is 21.4 Å². The molecular weight excluding hydrogens is 332 g/mol. The highest BCUT2D eigenvalue weighted by Crippen LogP contribution is 2.35. The first-order chi connectivity index (χ1) is 11.2. The van der Waals surface area contributed by atoms with Crippen LogP contribution in [0.3, 0.4) is 0 Å². The van der Waals surface area contributed by atoms with Crippen LogP contribution in [0.25, 0.3) is 0 Å². The molecule has 0 aromatic carbocycles. The van der Waals surface area contributed by atoms with Crippen molar-refractivity contribution in [2.75, 3.05) is 0 Å². The van der Waals surface area contributed by atoms with E-state index < -0.39 is 0 Å². The molecule has 2 heterocycles. The average molecular weight is 365 g/mol. The van der Waals surface area contributed by atoms with Crippen LogP contribution in [-0.4, -0.2) is 9.97 Å². The monoisotopic (exact) mass is 364 g/mol. The van der Waals surface area contributed by atoms with Crippen molar-refractivity contribution in [3.05, 3.63) is 31.2 Å². The van der Waals surface area contributed by atoms with Crippen LogP contribution in [0.4, 0.5) is 0 Å². The van der Waals surface area contributed by atoms with Gasteiger partial charge in [-0.25, -0.2) is 9.97 Å². The van der Waals surface area contributed by atoms with E-state index in [0.717, 1.165) is 0 Å². The lowest BCUT2D eigenvalue weighted by atomic mass is 9.98. The third-order valence-electron chi connectivity index (χ3n) is 4.67.